The van der Waals surface area contributed by atoms with Crippen LogP contribution in [0.25, 0.3) is 20.2 Å². The van der Waals surface area contributed by atoms with Crippen molar-refractivity contribution in [1.29, 1.82) is 0 Å². The zero-order valence-electron chi connectivity index (χ0n) is 7.70. The smallest absolute Gasteiger partial charge is 0.117 e. The number of benzene rings is 2. The minimum atomic E-state index is 0.327. The molecule has 0 saturated heterocycles. The Balaban J connectivity index is 2.53. The Morgan fingerprint density at radius 3 is 2.67 bits per heavy atom. The molecule has 3 aromatic rings. The minimum absolute atomic E-state index is 0.327. The third-order valence-electron chi connectivity index (χ3n) is 2.42. The number of hydrogen-bond donors (Lipinski definition) is 1. The molecule has 0 aliphatic carbocycles. The van der Waals surface area contributed by atoms with Gasteiger partial charge in [-0.05, 0) is 36.4 Å². The van der Waals surface area contributed by atoms with Crippen LogP contribution in [0.2, 0.25) is 0 Å². The molecule has 1 aromatic heterocycles. The highest BCUT2D eigenvalue weighted by molar-refractivity contribution is 9.10. The van der Waals surface area contributed by atoms with Crippen molar-refractivity contribution in [1.82, 2.24) is 0 Å². The molecular weight excluding hydrogens is 272 g/mol. The van der Waals surface area contributed by atoms with Gasteiger partial charge in [-0.1, -0.05) is 15.9 Å². The lowest BCUT2D eigenvalue weighted by molar-refractivity contribution is 0.476. The summed E-state index contributed by atoms with van der Waals surface area (Å²) in [5.74, 6) is 0.327. The summed E-state index contributed by atoms with van der Waals surface area (Å²) >= 11 is 5.18. The molecule has 0 fully saturated rings. The highest BCUT2D eigenvalue weighted by Crippen LogP contribution is 2.36. The van der Waals surface area contributed by atoms with Crippen LogP contribution in [0.15, 0.2) is 40.9 Å². The number of hydrogen-bond acceptors (Lipinski definition) is 2. The predicted molar refractivity (Wildman–Crippen MR) is 68.7 cm³/mol. The van der Waals surface area contributed by atoms with Gasteiger partial charge in [0.2, 0.25) is 0 Å². The monoisotopic (exact) mass is 278 g/mol. The number of thiophene rings is 1. The fourth-order valence-electron chi connectivity index (χ4n) is 1.74. The van der Waals surface area contributed by atoms with Crippen LogP contribution in [0, 0.1) is 0 Å². The van der Waals surface area contributed by atoms with Gasteiger partial charge in [0.05, 0.1) is 0 Å². The summed E-state index contributed by atoms with van der Waals surface area (Å²) in [6, 6.07) is 11.8. The number of aromatic hydroxyl groups is 1. The van der Waals surface area contributed by atoms with Gasteiger partial charge in [0.1, 0.15) is 5.75 Å². The van der Waals surface area contributed by atoms with Crippen molar-refractivity contribution in [3.05, 3.63) is 40.9 Å². The number of fused-ring (bicyclic) bond motifs is 3. The number of phenolic OH excluding ortho intramolecular Hbond substituents is 1. The second kappa shape index (κ2) is 3.22. The molecule has 0 radical (unpaired) electrons. The molecule has 2 aromatic carbocycles. The molecule has 0 saturated carbocycles. The molecule has 3 heteroatoms. The molecule has 0 amide bonds. The average molecular weight is 279 g/mol. The summed E-state index contributed by atoms with van der Waals surface area (Å²) in [7, 11) is 0. The topological polar surface area (TPSA) is 20.2 Å². The van der Waals surface area contributed by atoms with Gasteiger partial charge in [0, 0.05) is 24.6 Å². The fraction of sp³-hybridized carbons (Fsp3) is 0. The average Bonchev–Trinajstić information content (AvgIpc) is 2.54. The first-order chi connectivity index (χ1) is 7.24. The summed E-state index contributed by atoms with van der Waals surface area (Å²) in [5, 5.41) is 11.9. The van der Waals surface area contributed by atoms with Gasteiger partial charge in [0.15, 0.2) is 0 Å². The van der Waals surface area contributed by atoms with E-state index in [1.54, 1.807) is 17.4 Å². The van der Waals surface area contributed by atoms with Crippen LogP contribution in [0.1, 0.15) is 0 Å². The first kappa shape index (κ1) is 9.19. The van der Waals surface area contributed by atoms with Gasteiger partial charge < -0.3 is 5.11 Å². The van der Waals surface area contributed by atoms with Crippen LogP contribution in [0.5, 0.6) is 5.75 Å². The van der Waals surface area contributed by atoms with E-state index < -0.39 is 0 Å². The highest BCUT2D eigenvalue weighted by atomic mass is 79.9. The van der Waals surface area contributed by atoms with E-state index in [0.29, 0.717) is 5.75 Å². The van der Waals surface area contributed by atoms with E-state index in [2.05, 4.69) is 28.1 Å². The molecule has 15 heavy (non-hydrogen) atoms. The van der Waals surface area contributed by atoms with Gasteiger partial charge >= 0.3 is 0 Å². The van der Waals surface area contributed by atoms with E-state index in [1.165, 1.54) is 15.5 Å². The SMILES string of the molecule is Oc1ccc2c(c1)sc1ccc(Br)cc12. The van der Waals surface area contributed by atoms with Gasteiger partial charge in [0.25, 0.3) is 0 Å². The van der Waals surface area contributed by atoms with E-state index in [4.69, 9.17) is 0 Å². The zero-order valence-corrected chi connectivity index (χ0v) is 10.1. The molecule has 0 aliphatic rings. The molecule has 3 rings (SSSR count). The molecule has 0 aliphatic heterocycles. The van der Waals surface area contributed by atoms with Gasteiger partial charge in [-0.25, -0.2) is 0 Å². The van der Waals surface area contributed by atoms with Crippen LogP contribution in [-0.2, 0) is 0 Å². The maximum absolute atomic E-state index is 9.41. The Kier molecular flexibility index (Phi) is 1.97. The Morgan fingerprint density at radius 2 is 1.80 bits per heavy atom. The predicted octanol–water partition coefficient (Wildman–Crippen LogP) is 4.52. The Bertz CT molecular complexity index is 657. The molecule has 1 nitrogen and oxygen atoms in total. The van der Waals surface area contributed by atoms with Crippen molar-refractivity contribution in [2.24, 2.45) is 0 Å². The van der Waals surface area contributed by atoms with Crippen LogP contribution in [0.3, 0.4) is 0 Å². The van der Waals surface area contributed by atoms with Crippen molar-refractivity contribution >= 4 is 47.4 Å². The Hall–Kier alpha value is -1.06. The lowest BCUT2D eigenvalue weighted by atomic mass is 10.1. The van der Waals surface area contributed by atoms with E-state index in [-0.39, 0.29) is 0 Å². The van der Waals surface area contributed by atoms with E-state index >= 15 is 0 Å². The molecule has 0 atom stereocenters. The van der Waals surface area contributed by atoms with Crippen LogP contribution >= 0.6 is 27.3 Å². The molecule has 1 N–H and O–H groups in total. The second-order valence-corrected chi connectivity index (χ2v) is 5.42. The third-order valence-corrected chi connectivity index (χ3v) is 4.04. The molecule has 1 heterocycles. The van der Waals surface area contributed by atoms with E-state index in [1.807, 2.05) is 18.2 Å². The first-order valence-electron chi connectivity index (χ1n) is 4.55. The summed E-state index contributed by atoms with van der Waals surface area (Å²) in [5.41, 5.74) is 0. The van der Waals surface area contributed by atoms with E-state index in [9.17, 15) is 5.11 Å². The van der Waals surface area contributed by atoms with Crippen molar-refractivity contribution in [3.8, 4) is 5.75 Å². The zero-order chi connectivity index (χ0) is 10.4. The maximum Gasteiger partial charge on any atom is 0.117 e. The number of phenols is 1. The van der Waals surface area contributed by atoms with Crippen LogP contribution in [0.4, 0.5) is 0 Å². The summed E-state index contributed by atoms with van der Waals surface area (Å²) in [4.78, 5) is 0. The normalized spacial score (nSPS) is 11.3. The molecule has 0 spiro atoms. The number of rotatable bonds is 0. The molecule has 0 bridgehead atoms. The fourth-order valence-corrected chi connectivity index (χ4v) is 3.22. The van der Waals surface area contributed by atoms with Crippen molar-refractivity contribution in [2.45, 2.75) is 0 Å². The lowest BCUT2D eigenvalue weighted by Crippen LogP contribution is -1.67. The van der Waals surface area contributed by atoms with Crippen molar-refractivity contribution in [2.75, 3.05) is 0 Å². The third kappa shape index (κ3) is 1.43. The minimum Gasteiger partial charge on any atom is -0.508 e. The standard InChI is InChI=1S/C12H7BrOS/c13-7-1-4-11-10(5-7)9-3-2-8(14)6-12(9)15-11/h1-6,14H. The molecule has 74 valence electrons. The lowest BCUT2D eigenvalue weighted by Gasteiger charge is -1.93. The first-order valence-corrected chi connectivity index (χ1v) is 6.16. The Labute approximate surface area is 99.1 Å². The summed E-state index contributed by atoms with van der Waals surface area (Å²) < 4.78 is 3.46. The molecular formula is C12H7BrOS. The van der Waals surface area contributed by atoms with E-state index in [0.717, 1.165) is 9.17 Å². The van der Waals surface area contributed by atoms with Crippen molar-refractivity contribution in [3.63, 3.8) is 0 Å². The van der Waals surface area contributed by atoms with Gasteiger partial charge in [-0.2, -0.15) is 0 Å². The largest absolute Gasteiger partial charge is 0.508 e. The van der Waals surface area contributed by atoms with Crippen LogP contribution in [-0.4, -0.2) is 5.11 Å². The summed E-state index contributed by atoms with van der Waals surface area (Å²) in [6.45, 7) is 0. The quantitative estimate of drug-likeness (QED) is 0.641. The van der Waals surface area contributed by atoms with Crippen molar-refractivity contribution < 1.29 is 5.11 Å². The Morgan fingerprint density at radius 1 is 0.933 bits per heavy atom. The number of halogens is 1. The maximum atomic E-state index is 9.41. The van der Waals surface area contributed by atoms with Gasteiger partial charge in [-0.15, -0.1) is 11.3 Å². The highest BCUT2D eigenvalue weighted by Gasteiger charge is 2.05. The second-order valence-electron chi connectivity index (χ2n) is 3.42. The summed E-state index contributed by atoms with van der Waals surface area (Å²) in [6.07, 6.45) is 0. The molecule has 0 unspecified atom stereocenters. The van der Waals surface area contributed by atoms with Gasteiger partial charge in [-0.3, -0.25) is 0 Å². The van der Waals surface area contributed by atoms with Crippen LogP contribution < -0.4 is 0 Å².